The second kappa shape index (κ2) is 6.33. The molecule has 1 heterocycles. The number of anilines is 1. The zero-order valence-corrected chi connectivity index (χ0v) is 11.2. The van der Waals surface area contributed by atoms with E-state index in [4.69, 9.17) is 4.52 Å². The van der Waals surface area contributed by atoms with E-state index in [1.165, 1.54) is 0 Å². The van der Waals surface area contributed by atoms with Crippen molar-refractivity contribution in [1.82, 2.24) is 10.1 Å². The van der Waals surface area contributed by atoms with Crippen LogP contribution in [0.2, 0.25) is 0 Å². The van der Waals surface area contributed by atoms with Crippen LogP contribution in [0, 0.1) is 5.92 Å². The van der Waals surface area contributed by atoms with Gasteiger partial charge < -0.3 is 14.9 Å². The van der Waals surface area contributed by atoms with Gasteiger partial charge in [0.1, 0.15) is 0 Å². The first-order chi connectivity index (χ1) is 9.19. The maximum absolute atomic E-state index is 9.31. The lowest BCUT2D eigenvalue weighted by molar-refractivity contribution is 0.258. The first-order valence-corrected chi connectivity index (χ1v) is 6.45. The largest absolute Gasteiger partial charge is 0.394 e. The first-order valence-electron chi connectivity index (χ1n) is 6.45. The minimum absolute atomic E-state index is 0.0490. The predicted molar refractivity (Wildman–Crippen MR) is 73.7 cm³/mol. The van der Waals surface area contributed by atoms with E-state index in [1.807, 2.05) is 30.3 Å². The monoisotopic (exact) mass is 261 g/mol. The summed E-state index contributed by atoms with van der Waals surface area (Å²) in [6, 6.07) is 9.54. The summed E-state index contributed by atoms with van der Waals surface area (Å²) < 4.78 is 5.20. The fourth-order valence-electron chi connectivity index (χ4n) is 1.91. The molecule has 0 aliphatic rings. The Morgan fingerprint density at radius 1 is 1.26 bits per heavy atom. The Hall–Kier alpha value is -1.88. The highest BCUT2D eigenvalue weighted by Crippen LogP contribution is 2.18. The van der Waals surface area contributed by atoms with Crippen molar-refractivity contribution in [2.45, 2.75) is 26.3 Å². The van der Waals surface area contributed by atoms with E-state index in [1.54, 1.807) is 0 Å². The molecular formula is C14H19N3O2. The van der Waals surface area contributed by atoms with Crippen LogP contribution in [-0.2, 0) is 0 Å². The molecule has 1 unspecified atom stereocenters. The van der Waals surface area contributed by atoms with Crippen LogP contribution in [0.15, 0.2) is 34.9 Å². The average molecular weight is 261 g/mol. The number of aliphatic hydroxyl groups excluding tert-OH is 1. The van der Waals surface area contributed by atoms with E-state index in [0.29, 0.717) is 17.8 Å². The molecule has 2 rings (SSSR count). The van der Waals surface area contributed by atoms with Gasteiger partial charge in [-0.2, -0.15) is 4.98 Å². The lowest BCUT2D eigenvalue weighted by Gasteiger charge is -2.16. The number of rotatable bonds is 6. The number of nitrogens with one attached hydrogen (secondary N) is 1. The van der Waals surface area contributed by atoms with Crippen molar-refractivity contribution in [1.29, 1.82) is 0 Å². The van der Waals surface area contributed by atoms with Crippen molar-refractivity contribution in [3.8, 4) is 11.5 Å². The van der Waals surface area contributed by atoms with Crippen LogP contribution in [0.4, 0.5) is 5.95 Å². The third-order valence-corrected chi connectivity index (χ3v) is 2.76. The van der Waals surface area contributed by atoms with Crippen LogP contribution in [0.3, 0.4) is 0 Å². The number of hydrogen-bond donors (Lipinski definition) is 2. The van der Waals surface area contributed by atoms with Gasteiger partial charge in [0.15, 0.2) is 0 Å². The molecule has 5 heteroatoms. The maximum atomic E-state index is 9.31. The van der Waals surface area contributed by atoms with Crippen molar-refractivity contribution in [2.75, 3.05) is 11.9 Å². The molecule has 5 nitrogen and oxygen atoms in total. The van der Waals surface area contributed by atoms with Gasteiger partial charge in [-0.25, -0.2) is 0 Å². The Kier molecular flexibility index (Phi) is 4.52. The summed E-state index contributed by atoms with van der Waals surface area (Å²) in [6.07, 6.45) is 0.853. The second-order valence-corrected chi connectivity index (χ2v) is 4.94. The van der Waals surface area contributed by atoms with Gasteiger partial charge in [-0.3, -0.25) is 0 Å². The molecule has 0 saturated heterocycles. The van der Waals surface area contributed by atoms with Gasteiger partial charge >= 0.3 is 0 Å². The molecule has 2 N–H and O–H groups in total. The number of benzene rings is 1. The molecule has 0 aliphatic heterocycles. The van der Waals surface area contributed by atoms with Gasteiger partial charge in [-0.15, -0.1) is 0 Å². The summed E-state index contributed by atoms with van der Waals surface area (Å²) in [6.45, 7) is 4.26. The average Bonchev–Trinajstić information content (AvgIpc) is 2.87. The summed E-state index contributed by atoms with van der Waals surface area (Å²) in [5.74, 6) is 1.38. The van der Waals surface area contributed by atoms with E-state index < -0.39 is 0 Å². The van der Waals surface area contributed by atoms with Gasteiger partial charge in [0, 0.05) is 5.56 Å². The zero-order chi connectivity index (χ0) is 13.7. The van der Waals surface area contributed by atoms with Crippen molar-refractivity contribution in [3.05, 3.63) is 30.3 Å². The summed E-state index contributed by atoms with van der Waals surface area (Å²) in [5.41, 5.74) is 0.882. The Balaban J connectivity index is 2.05. The topological polar surface area (TPSA) is 71.2 Å². The van der Waals surface area contributed by atoms with Crippen LogP contribution in [0.5, 0.6) is 0 Å². The molecule has 0 saturated carbocycles. The molecule has 0 aliphatic carbocycles. The summed E-state index contributed by atoms with van der Waals surface area (Å²) in [4.78, 5) is 4.28. The molecule has 0 amide bonds. The molecule has 1 aromatic heterocycles. The number of hydrogen-bond acceptors (Lipinski definition) is 5. The molecule has 1 aromatic carbocycles. The zero-order valence-electron chi connectivity index (χ0n) is 11.2. The Morgan fingerprint density at radius 3 is 2.63 bits per heavy atom. The minimum Gasteiger partial charge on any atom is -0.394 e. The fraction of sp³-hybridized carbons (Fsp3) is 0.429. The van der Waals surface area contributed by atoms with Gasteiger partial charge in [0.05, 0.1) is 12.6 Å². The Morgan fingerprint density at radius 2 is 2.00 bits per heavy atom. The van der Waals surface area contributed by atoms with E-state index in [9.17, 15) is 5.11 Å². The summed E-state index contributed by atoms with van der Waals surface area (Å²) >= 11 is 0. The third-order valence-electron chi connectivity index (χ3n) is 2.76. The van der Waals surface area contributed by atoms with Crippen LogP contribution < -0.4 is 5.32 Å². The standard InChI is InChI=1S/C14H19N3O2/c1-10(2)8-12(9-18)15-14-16-13(19-17-14)11-6-4-3-5-7-11/h3-7,10,12,18H,8-9H2,1-2H3,(H,15,17). The van der Waals surface area contributed by atoms with Gasteiger partial charge in [0.2, 0.25) is 0 Å². The van der Waals surface area contributed by atoms with Crippen LogP contribution >= 0.6 is 0 Å². The first kappa shape index (κ1) is 13.5. The fourth-order valence-corrected chi connectivity index (χ4v) is 1.91. The van der Waals surface area contributed by atoms with Crippen molar-refractivity contribution in [3.63, 3.8) is 0 Å². The van der Waals surface area contributed by atoms with Crippen molar-refractivity contribution < 1.29 is 9.63 Å². The van der Waals surface area contributed by atoms with E-state index in [2.05, 4.69) is 29.3 Å². The number of aromatic nitrogens is 2. The van der Waals surface area contributed by atoms with E-state index in [0.717, 1.165) is 12.0 Å². The van der Waals surface area contributed by atoms with Crippen LogP contribution in [-0.4, -0.2) is 27.9 Å². The maximum Gasteiger partial charge on any atom is 0.264 e. The summed E-state index contributed by atoms with van der Waals surface area (Å²) in [5, 5.41) is 16.3. The Bertz CT molecular complexity index is 496. The van der Waals surface area contributed by atoms with Crippen molar-refractivity contribution in [2.24, 2.45) is 5.92 Å². The Labute approximate surface area is 112 Å². The van der Waals surface area contributed by atoms with Crippen LogP contribution in [0.1, 0.15) is 20.3 Å². The second-order valence-electron chi connectivity index (χ2n) is 4.94. The van der Waals surface area contributed by atoms with Gasteiger partial charge in [-0.1, -0.05) is 32.0 Å². The van der Waals surface area contributed by atoms with Crippen molar-refractivity contribution >= 4 is 5.95 Å². The lowest BCUT2D eigenvalue weighted by atomic mass is 10.0. The number of nitrogens with zero attached hydrogens (tertiary/aromatic N) is 2. The number of aliphatic hydroxyl groups is 1. The van der Waals surface area contributed by atoms with Crippen LogP contribution in [0.25, 0.3) is 11.5 Å². The SMILES string of the molecule is CC(C)CC(CO)Nc1noc(-c2ccccc2)n1. The van der Waals surface area contributed by atoms with Gasteiger partial charge in [-0.05, 0) is 29.6 Å². The molecule has 0 bridgehead atoms. The smallest absolute Gasteiger partial charge is 0.264 e. The normalized spacial score (nSPS) is 12.6. The molecule has 0 radical (unpaired) electrons. The molecule has 1 atom stereocenters. The minimum atomic E-state index is -0.0544. The third kappa shape index (κ3) is 3.79. The van der Waals surface area contributed by atoms with E-state index >= 15 is 0 Å². The molecular weight excluding hydrogens is 242 g/mol. The molecule has 0 spiro atoms. The highest BCUT2D eigenvalue weighted by atomic mass is 16.5. The molecule has 2 aromatic rings. The predicted octanol–water partition coefficient (Wildman–Crippen LogP) is 2.56. The summed E-state index contributed by atoms with van der Waals surface area (Å²) in [7, 11) is 0. The van der Waals surface area contributed by atoms with Gasteiger partial charge in [0.25, 0.3) is 11.8 Å². The lowest BCUT2D eigenvalue weighted by Crippen LogP contribution is -2.26. The molecule has 102 valence electrons. The highest BCUT2D eigenvalue weighted by Gasteiger charge is 2.14. The molecule has 0 fully saturated rings. The van der Waals surface area contributed by atoms with E-state index in [-0.39, 0.29) is 12.6 Å². The quantitative estimate of drug-likeness (QED) is 0.836. The molecule has 19 heavy (non-hydrogen) atoms. The highest BCUT2D eigenvalue weighted by molar-refractivity contribution is 5.53.